The van der Waals surface area contributed by atoms with Gasteiger partial charge in [-0.25, -0.2) is 8.42 Å². The molecule has 0 rings (SSSR count). The number of halogens is 3. The van der Waals surface area contributed by atoms with Gasteiger partial charge in [0.2, 0.25) is 0 Å². The molecule has 0 aromatic carbocycles. The Labute approximate surface area is 83.9 Å². The lowest BCUT2D eigenvalue weighted by atomic mass is 10.8. The minimum absolute atomic E-state index is 0.147. The Kier molecular flexibility index (Phi) is 4.34. The van der Waals surface area contributed by atoms with Crippen molar-refractivity contribution in [2.75, 3.05) is 19.8 Å². The second kappa shape index (κ2) is 4.38. The van der Waals surface area contributed by atoms with Crippen molar-refractivity contribution in [3.05, 3.63) is 0 Å². The topological polar surface area (TPSA) is 94.9 Å². The van der Waals surface area contributed by atoms with Crippen molar-refractivity contribution in [2.45, 2.75) is 5.51 Å². The predicted molar refractivity (Wildman–Crippen MR) is 44.5 cm³/mol. The van der Waals surface area contributed by atoms with Crippen molar-refractivity contribution in [3.8, 4) is 0 Å². The fourth-order valence-electron chi connectivity index (χ4n) is 0.568. The third kappa shape index (κ3) is 4.47. The average Bonchev–Trinajstić information content (AvgIpc) is 1.96. The molecule has 11 heteroatoms. The Bertz CT molecular complexity index is 359. The summed E-state index contributed by atoms with van der Waals surface area (Å²) in [5, 5.41) is 0. The van der Waals surface area contributed by atoms with Gasteiger partial charge >= 0.3 is 23.1 Å². The number of rotatable bonds is 4. The van der Waals surface area contributed by atoms with Gasteiger partial charge in [-0.1, -0.05) is 0 Å². The molecule has 0 aliphatic carbocycles. The first-order chi connectivity index (χ1) is 6.38. The zero-order valence-electron chi connectivity index (χ0n) is 7.47. The van der Waals surface area contributed by atoms with Crippen molar-refractivity contribution < 1.29 is 35.9 Å². The monoisotopic (exact) mass is 271 g/mol. The van der Waals surface area contributed by atoms with Crippen LogP contribution in [-0.2, 0) is 14.6 Å². The highest BCUT2D eigenvalue weighted by Gasteiger charge is 2.48. The first-order valence-electron chi connectivity index (χ1n) is 3.45. The number of alkyl halides is 3. The smallest absolute Gasteiger partial charge is 0.324 e. The summed E-state index contributed by atoms with van der Waals surface area (Å²) in [4.78, 5) is 16.7. The quantitative estimate of drug-likeness (QED) is 0.699. The zero-order valence-corrected chi connectivity index (χ0v) is 9.18. The molecular weight excluding hydrogens is 262 g/mol. The van der Waals surface area contributed by atoms with Gasteiger partial charge in [-0.15, -0.1) is 0 Å². The molecule has 0 bridgehead atoms. The fraction of sp³-hybridized carbons (Fsp3) is 1.00. The first kappa shape index (κ1) is 14.8. The van der Waals surface area contributed by atoms with Gasteiger partial charge in [0.25, 0.3) is 0 Å². The van der Waals surface area contributed by atoms with Gasteiger partial charge in [0, 0.05) is 13.6 Å². The first-order valence-corrected chi connectivity index (χ1v) is 6.69. The number of hydrogen-bond donors (Lipinski definition) is 2. The van der Waals surface area contributed by atoms with E-state index in [2.05, 4.69) is 0 Å². The summed E-state index contributed by atoms with van der Waals surface area (Å²) in [6.45, 7) is -0.897. The van der Waals surface area contributed by atoms with E-state index in [1.807, 2.05) is 0 Å². The maximum absolute atomic E-state index is 11.9. The van der Waals surface area contributed by atoms with E-state index in [1.54, 1.807) is 0 Å². The molecule has 0 aliphatic rings. The summed E-state index contributed by atoms with van der Waals surface area (Å²) in [6, 6.07) is 0. The summed E-state index contributed by atoms with van der Waals surface area (Å²) < 4.78 is 67.0. The molecule has 0 fully saturated rings. The third-order valence-electron chi connectivity index (χ3n) is 1.41. The van der Waals surface area contributed by atoms with Gasteiger partial charge in [-0.05, 0) is 0 Å². The molecule has 0 saturated heterocycles. The zero-order chi connectivity index (χ0) is 12.5. The molecule has 0 atom stereocenters. The van der Waals surface area contributed by atoms with E-state index in [0.29, 0.717) is 7.05 Å². The Hall–Kier alpha value is -0.150. The van der Waals surface area contributed by atoms with Crippen LogP contribution in [0.15, 0.2) is 0 Å². The summed E-state index contributed by atoms with van der Waals surface area (Å²) in [6.07, 6.45) is -0.960. The molecule has 6 nitrogen and oxygen atoms in total. The van der Waals surface area contributed by atoms with E-state index in [1.165, 1.54) is 0 Å². The van der Waals surface area contributed by atoms with Gasteiger partial charge in [0.05, 0.1) is 6.16 Å². The molecule has 0 heterocycles. The average molecular weight is 271 g/mol. The van der Waals surface area contributed by atoms with E-state index >= 15 is 0 Å². The van der Waals surface area contributed by atoms with E-state index in [0.717, 1.165) is 0 Å². The standard InChI is InChI=1S/C4H9F3NO5PS/c1-8(2-3-14(9,10)11)15(12,13)4(5,6)7/h2-3H2,1H3,(H2,9,10,11). The van der Waals surface area contributed by atoms with E-state index < -0.39 is 35.8 Å². The largest absolute Gasteiger partial charge is 0.511 e. The van der Waals surface area contributed by atoms with Crippen LogP contribution in [0.4, 0.5) is 13.2 Å². The SMILES string of the molecule is CN(CCP(=O)(O)O)S(=O)(=O)C(F)(F)F. The summed E-state index contributed by atoms with van der Waals surface area (Å²) in [7, 11) is -9.43. The Morgan fingerprint density at radius 3 is 2.00 bits per heavy atom. The molecule has 0 radical (unpaired) electrons. The summed E-state index contributed by atoms with van der Waals surface area (Å²) in [5.41, 5.74) is -5.46. The van der Waals surface area contributed by atoms with Crippen molar-refractivity contribution >= 4 is 17.6 Å². The Balaban J connectivity index is 4.62. The molecule has 15 heavy (non-hydrogen) atoms. The van der Waals surface area contributed by atoms with E-state index in [4.69, 9.17) is 9.79 Å². The Morgan fingerprint density at radius 1 is 1.33 bits per heavy atom. The van der Waals surface area contributed by atoms with Crippen LogP contribution in [-0.4, -0.2) is 47.8 Å². The normalized spacial score (nSPS) is 14.6. The summed E-state index contributed by atoms with van der Waals surface area (Å²) >= 11 is 0. The van der Waals surface area contributed by atoms with Crippen LogP contribution in [0.3, 0.4) is 0 Å². The van der Waals surface area contributed by atoms with E-state index in [9.17, 15) is 26.2 Å². The van der Waals surface area contributed by atoms with Gasteiger partial charge in [0.15, 0.2) is 0 Å². The van der Waals surface area contributed by atoms with Crippen LogP contribution in [0.25, 0.3) is 0 Å². The third-order valence-corrected chi connectivity index (χ3v) is 3.78. The summed E-state index contributed by atoms with van der Waals surface area (Å²) in [5.74, 6) is 0. The highest BCUT2D eigenvalue weighted by molar-refractivity contribution is 7.89. The van der Waals surface area contributed by atoms with Crippen LogP contribution in [0.1, 0.15) is 0 Å². The van der Waals surface area contributed by atoms with Crippen LogP contribution < -0.4 is 0 Å². The molecule has 0 amide bonds. The molecule has 0 aliphatic heterocycles. The number of sulfonamides is 1. The highest BCUT2D eigenvalue weighted by Crippen LogP contribution is 2.34. The van der Waals surface area contributed by atoms with E-state index in [-0.39, 0.29) is 4.31 Å². The molecule has 0 saturated carbocycles. The van der Waals surface area contributed by atoms with Gasteiger partial charge in [-0.3, -0.25) is 4.57 Å². The van der Waals surface area contributed by atoms with Crippen LogP contribution in [0, 0.1) is 0 Å². The van der Waals surface area contributed by atoms with Crippen molar-refractivity contribution in [1.29, 1.82) is 0 Å². The fourth-order valence-corrected chi connectivity index (χ4v) is 1.95. The highest BCUT2D eigenvalue weighted by atomic mass is 32.2. The second-order valence-electron chi connectivity index (χ2n) is 2.66. The molecule has 2 N–H and O–H groups in total. The minimum atomic E-state index is -5.51. The maximum atomic E-state index is 11.9. The minimum Gasteiger partial charge on any atom is -0.324 e. The van der Waals surface area contributed by atoms with Crippen molar-refractivity contribution in [1.82, 2.24) is 4.31 Å². The molecule has 0 unspecified atom stereocenters. The van der Waals surface area contributed by atoms with Crippen molar-refractivity contribution in [2.24, 2.45) is 0 Å². The van der Waals surface area contributed by atoms with Gasteiger partial charge in [-0.2, -0.15) is 17.5 Å². The molecule has 92 valence electrons. The molecule has 0 aromatic rings. The lowest BCUT2D eigenvalue weighted by Gasteiger charge is -2.18. The van der Waals surface area contributed by atoms with Crippen LogP contribution >= 0.6 is 7.60 Å². The van der Waals surface area contributed by atoms with Crippen LogP contribution in [0.5, 0.6) is 0 Å². The van der Waals surface area contributed by atoms with Gasteiger partial charge < -0.3 is 9.79 Å². The van der Waals surface area contributed by atoms with Gasteiger partial charge in [0.1, 0.15) is 0 Å². The van der Waals surface area contributed by atoms with Crippen molar-refractivity contribution in [3.63, 3.8) is 0 Å². The Morgan fingerprint density at radius 2 is 1.73 bits per heavy atom. The maximum Gasteiger partial charge on any atom is 0.511 e. The molecule has 0 aromatic heterocycles. The predicted octanol–water partition coefficient (Wildman–Crippen LogP) is -0.0545. The second-order valence-corrected chi connectivity index (χ2v) is 6.47. The lowest BCUT2D eigenvalue weighted by molar-refractivity contribution is -0.0481. The molecular formula is C4H9F3NO5PS. The lowest BCUT2D eigenvalue weighted by Crippen LogP contribution is -2.39. The number of nitrogens with zero attached hydrogens (tertiary/aromatic N) is 1. The molecule has 0 spiro atoms. The van der Waals surface area contributed by atoms with Crippen LogP contribution in [0.2, 0.25) is 0 Å². The number of hydrogen-bond acceptors (Lipinski definition) is 3.